The van der Waals surface area contributed by atoms with Crippen molar-refractivity contribution in [2.24, 2.45) is 0 Å². The summed E-state index contributed by atoms with van der Waals surface area (Å²) in [6.45, 7) is 5.85. The Labute approximate surface area is 210 Å². The van der Waals surface area contributed by atoms with Crippen molar-refractivity contribution in [2.75, 3.05) is 12.0 Å². The highest BCUT2D eigenvalue weighted by Gasteiger charge is 2.35. The fourth-order valence-electron chi connectivity index (χ4n) is 3.98. The molecule has 3 aromatic carbocycles. The summed E-state index contributed by atoms with van der Waals surface area (Å²) < 4.78 is 6.98. The Morgan fingerprint density at radius 3 is 2.47 bits per heavy atom. The molecule has 1 atom stereocenters. The summed E-state index contributed by atoms with van der Waals surface area (Å²) in [7, 11) is 1.57. The number of hydrogen-bond acceptors (Lipinski definition) is 5. The summed E-state index contributed by atoms with van der Waals surface area (Å²) in [5.41, 5.74) is 2.23. The second-order valence-corrected chi connectivity index (χ2v) is 9.24. The number of ether oxygens (including phenoxy) is 1. The number of amides is 2. The Morgan fingerprint density at radius 1 is 1.03 bits per heavy atom. The van der Waals surface area contributed by atoms with Crippen molar-refractivity contribution >= 4 is 28.5 Å². The summed E-state index contributed by atoms with van der Waals surface area (Å²) in [5.74, 6) is 0.00231. The first-order chi connectivity index (χ1) is 17.3. The molecule has 0 fully saturated rings. The Bertz CT molecular complexity index is 1350. The number of para-hydroxylation sites is 1. The largest absolute Gasteiger partial charge is 0.497 e. The van der Waals surface area contributed by atoms with E-state index < -0.39 is 11.6 Å². The predicted octanol–water partition coefficient (Wildman–Crippen LogP) is 4.52. The van der Waals surface area contributed by atoms with Crippen LogP contribution in [-0.2, 0) is 16.1 Å². The maximum Gasteiger partial charge on any atom is 0.249 e. The molecule has 2 amide bonds. The van der Waals surface area contributed by atoms with E-state index in [1.165, 1.54) is 4.90 Å². The SMILES string of the molecule is CCC(C)(C)NC(=O)[C@@H](c1ccccc1)N(C(=O)Cn1nnc2ccccc21)c1cccc(OC)c1. The fraction of sp³-hybridized carbons (Fsp3) is 0.286. The summed E-state index contributed by atoms with van der Waals surface area (Å²) >= 11 is 0. The minimum Gasteiger partial charge on any atom is -0.497 e. The van der Waals surface area contributed by atoms with Crippen LogP contribution in [0.25, 0.3) is 11.0 Å². The van der Waals surface area contributed by atoms with Gasteiger partial charge in [0.25, 0.3) is 0 Å². The van der Waals surface area contributed by atoms with Crippen molar-refractivity contribution < 1.29 is 14.3 Å². The van der Waals surface area contributed by atoms with Gasteiger partial charge in [0.1, 0.15) is 23.9 Å². The Hall–Kier alpha value is -4.20. The first-order valence-corrected chi connectivity index (χ1v) is 11.9. The molecule has 8 heteroatoms. The highest BCUT2D eigenvalue weighted by Crippen LogP contribution is 2.31. The molecule has 0 saturated heterocycles. The summed E-state index contributed by atoms with van der Waals surface area (Å²) in [5, 5.41) is 11.5. The zero-order valence-electron chi connectivity index (χ0n) is 21.0. The lowest BCUT2D eigenvalue weighted by Gasteiger charge is -2.34. The Kier molecular flexibility index (Phi) is 7.33. The van der Waals surface area contributed by atoms with Gasteiger partial charge in [-0.05, 0) is 50.1 Å². The molecule has 0 aliphatic heterocycles. The van der Waals surface area contributed by atoms with Crippen molar-refractivity contribution in [3.8, 4) is 5.75 Å². The van der Waals surface area contributed by atoms with Gasteiger partial charge in [0.15, 0.2) is 0 Å². The van der Waals surface area contributed by atoms with Crippen LogP contribution in [0, 0.1) is 0 Å². The standard InChI is InChI=1S/C28H31N5O3/c1-5-28(2,3)29-27(35)26(20-12-7-6-8-13-20)33(21-14-11-15-22(18-21)36-4)25(34)19-32-24-17-10-9-16-23(24)30-31-32/h6-18,26H,5,19H2,1-4H3,(H,29,35)/t26-/m1/s1. The van der Waals surface area contributed by atoms with Crippen molar-refractivity contribution in [3.63, 3.8) is 0 Å². The van der Waals surface area contributed by atoms with Crippen LogP contribution >= 0.6 is 0 Å². The van der Waals surface area contributed by atoms with Crippen LogP contribution in [0.1, 0.15) is 38.8 Å². The number of carbonyl (C=O) groups excluding carboxylic acids is 2. The number of hydrogen-bond donors (Lipinski definition) is 1. The van der Waals surface area contributed by atoms with Crippen LogP contribution in [0.4, 0.5) is 5.69 Å². The lowest BCUT2D eigenvalue weighted by Crippen LogP contribution is -2.51. The van der Waals surface area contributed by atoms with Crippen LogP contribution in [0.3, 0.4) is 0 Å². The van der Waals surface area contributed by atoms with Gasteiger partial charge in [-0.15, -0.1) is 5.10 Å². The van der Waals surface area contributed by atoms with E-state index >= 15 is 0 Å². The molecule has 1 aromatic heterocycles. The van der Waals surface area contributed by atoms with E-state index in [2.05, 4.69) is 15.6 Å². The summed E-state index contributed by atoms with van der Waals surface area (Å²) in [6.07, 6.45) is 0.734. The maximum atomic E-state index is 14.0. The molecule has 0 unspecified atom stereocenters. The highest BCUT2D eigenvalue weighted by atomic mass is 16.5. The van der Waals surface area contributed by atoms with Gasteiger partial charge in [-0.3, -0.25) is 14.5 Å². The van der Waals surface area contributed by atoms with E-state index in [0.717, 1.165) is 11.9 Å². The summed E-state index contributed by atoms with van der Waals surface area (Å²) in [4.78, 5) is 29.4. The molecule has 1 N–H and O–H groups in total. The van der Waals surface area contributed by atoms with Crippen molar-refractivity contribution in [3.05, 3.63) is 84.4 Å². The zero-order chi connectivity index (χ0) is 25.7. The highest BCUT2D eigenvalue weighted by molar-refractivity contribution is 6.01. The number of methoxy groups -OCH3 is 1. The number of nitrogens with one attached hydrogen (secondary N) is 1. The molecular formula is C28H31N5O3. The van der Waals surface area contributed by atoms with Crippen LogP contribution in [0.2, 0.25) is 0 Å². The molecule has 36 heavy (non-hydrogen) atoms. The number of anilines is 1. The molecule has 0 aliphatic carbocycles. The van der Waals surface area contributed by atoms with Crippen LogP contribution < -0.4 is 15.0 Å². The average molecular weight is 486 g/mol. The van der Waals surface area contributed by atoms with E-state index in [1.807, 2.05) is 75.4 Å². The number of nitrogens with zero attached hydrogens (tertiary/aromatic N) is 4. The first-order valence-electron chi connectivity index (χ1n) is 11.9. The molecule has 4 rings (SSSR count). The van der Waals surface area contributed by atoms with Crippen LogP contribution in [0.15, 0.2) is 78.9 Å². The van der Waals surface area contributed by atoms with Gasteiger partial charge in [-0.1, -0.05) is 60.7 Å². The molecule has 1 heterocycles. The van der Waals surface area contributed by atoms with Crippen LogP contribution in [-0.4, -0.2) is 39.5 Å². The molecule has 0 spiro atoms. The second kappa shape index (κ2) is 10.6. The third kappa shape index (κ3) is 5.38. The first kappa shape index (κ1) is 24.9. The maximum absolute atomic E-state index is 14.0. The van der Waals surface area contributed by atoms with E-state index in [9.17, 15) is 9.59 Å². The van der Waals surface area contributed by atoms with Crippen molar-refractivity contribution in [2.45, 2.75) is 45.3 Å². The van der Waals surface area contributed by atoms with E-state index in [1.54, 1.807) is 36.1 Å². The summed E-state index contributed by atoms with van der Waals surface area (Å²) in [6, 6.07) is 23.0. The Morgan fingerprint density at radius 2 is 1.75 bits per heavy atom. The van der Waals surface area contributed by atoms with Crippen molar-refractivity contribution in [1.29, 1.82) is 0 Å². The lowest BCUT2D eigenvalue weighted by atomic mass is 9.98. The zero-order valence-corrected chi connectivity index (χ0v) is 21.0. The van der Waals surface area contributed by atoms with Gasteiger partial charge in [-0.25, -0.2) is 4.68 Å². The number of benzene rings is 3. The van der Waals surface area contributed by atoms with Gasteiger partial charge in [0.2, 0.25) is 11.8 Å². The molecule has 186 valence electrons. The smallest absolute Gasteiger partial charge is 0.249 e. The molecule has 0 saturated carbocycles. The number of aromatic nitrogens is 3. The molecule has 0 radical (unpaired) electrons. The normalized spacial score (nSPS) is 12.2. The molecular weight excluding hydrogens is 454 g/mol. The third-order valence-corrected chi connectivity index (χ3v) is 6.27. The van der Waals surface area contributed by atoms with E-state index in [-0.39, 0.29) is 18.4 Å². The topological polar surface area (TPSA) is 89.4 Å². The molecule has 0 aliphatic rings. The van der Waals surface area contributed by atoms with Crippen LogP contribution in [0.5, 0.6) is 5.75 Å². The van der Waals surface area contributed by atoms with Gasteiger partial charge in [0, 0.05) is 17.3 Å². The third-order valence-electron chi connectivity index (χ3n) is 6.27. The fourth-order valence-corrected chi connectivity index (χ4v) is 3.98. The van der Waals surface area contributed by atoms with E-state index in [0.29, 0.717) is 22.5 Å². The van der Waals surface area contributed by atoms with Crippen molar-refractivity contribution in [1.82, 2.24) is 20.3 Å². The number of fused-ring (bicyclic) bond motifs is 1. The van der Waals surface area contributed by atoms with Gasteiger partial charge < -0.3 is 10.1 Å². The Balaban J connectivity index is 1.82. The molecule has 8 nitrogen and oxygen atoms in total. The minimum atomic E-state index is -0.911. The van der Waals surface area contributed by atoms with Gasteiger partial charge >= 0.3 is 0 Å². The molecule has 4 aromatic rings. The predicted molar refractivity (Wildman–Crippen MR) is 140 cm³/mol. The van der Waals surface area contributed by atoms with Gasteiger partial charge in [-0.2, -0.15) is 0 Å². The monoisotopic (exact) mass is 485 g/mol. The minimum absolute atomic E-state index is 0.0918. The number of rotatable bonds is 9. The average Bonchev–Trinajstić information content (AvgIpc) is 3.30. The second-order valence-electron chi connectivity index (χ2n) is 9.24. The van der Waals surface area contributed by atoms with E-state index in [4.69, 9.17) is 4.74 Å². The number of carbonyl (C=O) groups is 2. The quantitative estimate of drug-likeness (QED) is 0.377. The lowest BCUT2D eigenvalue weighted by molar-refractivity contribution is -0.128. The van der Waals surface area contributed by atoms with Gasteiger partial charge in [0.05, 0.1) is 12.6 Å². The molecule has 0 bridgehead atoms.